The molecule has 0 aliphatic rings. The quantitative estimate of drug-likeness (QED) is 0.131. The van der Waals surface area contributed by atoms with Crippen molar-refractivity contribution in [3.05, 3.63) is 163 Å². The van der Waals surface area contributed by atoms with Crippen molar-refractivity contribution in [2.75, 3.05) is 0 Å². The molecule has 0 N–H and O–H groups in total. The second-order valence-corrected chi connectivity index (χ2v) is 10.1. The molecule has 0 saturated carbocycles. The van der Waals surface area contributed by atoms with Crippen LogP contribution >= 0.6 is 24.8 Å². The maximum Gasteiger partial charge on any atom is -0.171 e. The zero-order chi connectivity index (χ0) is 29.9. The predicted molar refractivity (Wildman–Crippen MR) is 196 cm³/mol. The third-order valence-corrected chi connectivity index (χ3v) is 6.99. The van der Waals surface area contributed by atoms with Crippen molar-refractivity contribution in [3.8, 4) is 22.5 Å². The number of nitrogens with zero attached hydrogens (tertiary/aromatic N) is 2. The first-order valence-corrected chi connectivity index (χ1v) is 18.0. The fourth-order valence-corrected chi connectivity index (χ4v) is 5.01. The minimum absolute atomic E-state index is 0. The summed E-state index contributed by atoms with van der Waals surface area (Å²) in [5, 5.41) is 5.29. The molecule has 0 bridgehead atoms. The summed E-state index contributed by atoms with van der Waals surface area (Å²) in [7, 11) is 0. The number of aryl methyl sites for hydroxylation is 4. The van der Waals surface area contributed by atoms with Crippen LogP contribution in [0, 0.1) is 41.2 Å². The number of aromatic nitrogens is 2. The standard InChI is InChI=1S/2C16H14N.C6H5.CH3.2ClH.Si.Zr/c2*1-11-9-14-12(2)6-7-13(15(14)10-11)16-5-3-4-8-17-16;1-2-4-6-5-3-1;;;;;/h2*3-10H,1-2H3;1-5H;1H3;2*1H;;/q4*-1;;;;. The van der Waals surface area contributed by atoms with Gasteiger partial charge in [0.15, 0.2) is 0 Å². The molecule has 0 spiro atoms. The van der Waals surface area contributed by atoms with Gasteiger partial charge in [-0.05, 0) is 35.4 Å². The molecule has 2 nitrogen and oxygen atoms in total. The van der Waals surface area contributed by atoms with Crippen LogP contribution in [0.1, 0.15) is 22.3 Å². The van der Waals surface area contributed by atoms with E-state index >= 15 is 0 Å². The second-order valence-electron chi connectivity index (χ2n) is 10.1. The van der Waals surface area contributed by atoms with Crippen molar-refractivity contribution in [1.82, 2.24) is 9.97 Å². The minimum Gasteiger partial charge on any atom is -0.184 e. The summed E-state index contributed by atoms with van der Waals surface area (Å²) in [6.45, 7) is 11.7. The van der Waals surface area contributed by atoms with Crippen molar-refractivity contribution in [2.24, 2.45) is 0 Å². The number of benzene rings is 3. The Bertz CT molecular complexity index is 1700. The zero-order valence-corrected chi connectivity index (χ0v) is 31.4. The summed E-state index contributed by atoms with van der Waals surface area (Å²) in [6, 6.07) is 42.2. The molecule has 0 saturated heterocycles. The molecule has 0 fully saturated rings. The predicted octanol–water partition coefficient (Wildman–Crippen LogP) is 10.9. The zero-order valence-electron chi connectivity index (χ0n) is 26.3. The molecular formula is C39H38Cl2N2SiZr-4. The summed E-state index contributed by atoms with van der Waals surface area (Å²) in [6.07, 6.45) is 3.69. The molecule has 5 aromatic carbocycles. The first-order chi connectivity index (χ1) is 20.5. The van der Waals surface area contributed by atoms with Gasteiger partial charge in [0.25, 0.3) is 0 Å². The average Bonchev–Trinajstić information content (AvgIpc) is 3.64. The first-order valence-electron chi connectivity index (χ1n) is 13.8. The van der Waals surface area contributed by atoms with Crippen LogP contribution in [0.2, 0.25) is 0 Å². The van der Waals surface area contributed by atoms with Crippen LogP contribution in [0.25, 0.3) is 44.1 Å². The van der Waals surface area contributed by atoms with Gasteiger partial charge in [-0.2, -0.15) is 48.5 Å². The Balaban J connectivity index is 0.000000345. The van der Waals surface area contributed by atoms with Gasteiger partial charge in [0.05, 0.1) is 11.4 Å². The van der Waals surface area contributed by atoms with Gasteiger partial charge in [0, 0.05) is 12.4 Å². The summed E-state index contributed by atoms with van der Waals surface area (Å²) < 4.78 is 0. The largest absolute Gasteiger partial charge is 0.184 e. The van der Waals surface area contributed by atoms with E-state index in [1.807, 2.05) is 67.0 Å². The Labute approximate surface area is 298 Å². The van der Waals surface area contributed by atoms with Crippen molar-refractivity contribution in [1.29, 1.82) is 0 Å². The smallest absolute Gasteiger partial charge is 0.171 e. The van der Waals surface area contributed by atoms with Gasteiger partial charge in [0.2, 0.25) is 0 Å². The van der Waals surface area contributed by atoms with E-state index in [0.717, 1.165) is 11.4 Å². The Morgan fingerprint density at radius 2 is 1.00 bits per heavy atom. The van der Waals surface area contributed by atoms with Crippen LogP contribution in [0.4, 0.5) is 0 Å². The Morgan fingerprint density at radius 3 is 1.31 bits per heavy atom. The van der Waals surface area contributed by atoms with Gasteiger partial charge in [-0.15, -0.1) is 92.9 Å². The van der Waals surface area contributed by atoms with Gasteiger partial charge >= 0.3 is 30.2 Å². The van der Waals surface area contributed by atoms with E-state index in [-0.39, 0.29) is 32.2 Å². The maximum absolute atomic E-state index is 4.44. The third kappa shape index (κ3) is 10.4. The summed E-state index contributed by atoms with van der Waals surface area (Å²) in [4.78, 5) is 8.88. The van der Waals surface area contributed by atoms with Crippen molar-refractivity contribution < 1.29 is 23.3 Å². The number of pyridine rings is 2. The topological polar surface area (TPSA) is 25.8 Å². The molecule has 7 aromatic rings. The molecular weight excluding hydrogens is 687 g/mol. The summed E-state index contributed by atoms with van der Waals surface area (Å²) in [5.41, 5.74) is 9.81. The molecule has 230 valence electrons. The molecule has 2 aromatic heterocycles. The van der Waals surface area contributed by atoms with Gasteiger partial charge in [0.1, 0.15) is 0 Å². The van der Waals surface area contributed by atoms with E-state index in [0.29, 0.717) is 0 Å². The van der Waals surface area contributed by atoms with Crippen LogP contribution in [-0.2, 0) is 23.3 Å². The van der Waals surface area contributed by atoms with E-state index in [1.54, 1.807) is 0 Å². The number of hydrogen-bond acceptors (Lipinski definition) is 2. The van der Waals surface area contributed by atoms with Crippen LogP contribution in [-0.4, -0.2) is 16.8 Å². The fraction of sp³-hybridized carbons (Fsp3) is 0.103. The Hall–Kier alpha value is -3.14. The number of hydrogen-bond donors (Lipinski definition) is 0. The molecule has 0 aliphatic carbocycles. The van der Waals surface area contributed by atoms with Gasteiger partial charge < -0.3 is 7.43 Å². The molecule has 0 atom stereocenters. The molecule has 6 heteroatoms. The van der Waals surface area contributed by atoms with Crippen LogP contribution in [0.5, 0.6) is 0 Å². The van der Waals surface area contributed by atoms with Crippen LogP contribution in [0.15, 0.2) is 128 Å². The Morgan fingerprint density at radius 1 is 0.578 bits per heavy atom. The molecule has 2 radical (unpaired) electrons. The van der Waals surface area contributed by atoms with Crippen molar-refractivity contribution in [3.63, 3.8) is 0 Å². The van der Waals surface area contributed by atoms with Crippen molar-refractivity contribution >= 4 is 53.2 Å². The summed E-state index contributed by atoms with van der Waals surface area (Å²) in [5.74, 6) is 0. The number of rotatable bonds is 2. The average molecular weight is 725 g/mol. The molecule has 0 unspecified atom stereocenters. The molecule has 45 heavy (non-hydrogen) atoms. The van der Waals surface area contributed by atoms with Crippen molar-refractivity contribution in [2.45, 2.75) is 27.7 Å². The normalized spacial score (nSPS) is 9.40. The van der Waals surface area contributed by atoms with Crippen LogP contribution < -0.4 is 0 Å². The monoisotopic (exact) mass is 722 g/mol. The van der Waals surface area contributed by atoms with E-state index in [2.05, 4.69) is 111 Å². The van der Waals surface area contributed by atoms with Gasteiger partial charge in [-0.1, -0.05) is 52.0 Å². The first kappa shape index (κ1) is 39.9. The van der Waals surface area contributed by atoms with E-state index in [4.69, 9.17) is 0 Å². The summed E-state index contributed by atoms with van der Waals surface area (Å²) >= 11 is 1.36. The van der Waals surface area contributed by atoms with Gasteiger partial charge in [-0.3, -0.25) is 9.97 Å². The number of halogens is 2. The molecule has 2 heterocycles. The molecule has 7 rings (SSSR count). The fourth-order valence-electron chi connectivity index (χ4n) is 5.01. The second kappa shape index (κ2) is 20.1. The minimum atomic E-state index is 0. The Kier molecular flexibility index (Phi) is 17.8. The maximum atomic E-state index is 4.44. The van der Waals surface area contributed by atoms with Gasteiger partial charge in [-0.25, -0.2) is 0 Å². The van der Waals surface area contributed by atoms with E-state index in [1.165, 1.54) is 78.3 Å². The SMILES string of the molecule is Cc1cc2c(-c3ccccn3)ccc(C)c2[cH-]1.Cc1cc2c(-c3ccccn3)ccc(C)c2[cH-]1.Cl.Cl.[CH3-].[Si]=[Zr].[c-]1ccccc1. The molecule has 0 amide bonds. The third-order valence-electron chi connectivity index (χ3n) is 6.99. The molecule has 0 aliphatic heterocycles. The van der Waals surface area contributed by atoms with Crippen LogP contribution in [0.3, 0.4) is 0 Å². The van der Waals surface area contributed by atoms with E-state index in [9.17, 15) is 0 Å². The van der Waals surface area contributed by atoms with E-state index < -0.39 is 0 Å². The number of fused-ring (bicyclic) bond motifs is 2.